The summed E-state index contributed by atoms with van der Waals surface area (Å²) in [6.07, 6.45) is 4.15. The van der Waals surface area contributed by atoms with Gasteiger partial charge in [0.25, 0.3) is 0 Å². The molecule has 0 bridgehead atoms. The molecule has 0 saturated heterocycles. The fourth-order valence-electron chi connectivity index (χ4n) is 2.71. The average Bonchev–Trinajstić information content (AvgIpc) is 2.14. The lowest BCUT2D eigenvalue weighted by Gasteiger charge is -2.41. The zero-order valence-electron chi connectivity index (χ0n) is 10.5. The van der Waals surface area contributed by atoms with Crippen molar-refractivity contribution in [1.82, 2.24) is 0 Å². The fraction of sp³-hybridized carbons (Fsp3) is 0.857. The number of rotatable bonds is 2. The Labute approximate surface area is 94.3 Å². The van der Waals surface area contributed by atoms with Crippen LogP contribution < -0.4 is 0 Å². The molecule has 3 atom stereocenters. The van der Waals surface area contributed by atoms with Crippen molar-refractivity contribution < 1.29 is 5.11 Å². The Kier molecular flexibility index (Phi) is 4.22. The van der Waals surface area contributed by atoms with Gasteiger partial charge >= 0.3 is 0 Å². The second-order valence-electron chi connectivity index (χ2n) is 5.68. The van der Waals surface area contributed by atoms with E-state index in [4.69, 9.17) is 0 Å². The summed E-state index contributed by atoms with van der Waals surface area (Å²) in [6.45, 7) is 8.59. The minimum absolute atomic E-state index is 0.123. The first-order valence-electron chi connectivity index (χ1n) is 6.05. The van der Waals surface area contributed by atoms with Crippen LogP contribution in [0.5, 0.6) is 0 Å². The normalized spacial score (nSPS) is 31.9. The maximum atomic E-state index is 10.1. The number of hydrogen-bond donors (Lipinski definition) is 1. The van der Waals surface area contributed by atoms with Crippen molar-refractivity contribution in [2.45, 2.75) is 59.5 Å². The Morgan fingerprint density at radius 2 is 2.00 bits per heavy atom. The first kappa shape index (κ1) is 12.6. The van der Waals surface area contributed by atoms with Crippen LogP contribution in [0.2, 0.25) is 0 Å². The Bertz CT molecular complexity index is 256. The molecule has 1 fully saturated rings. The molecule has 1 saturated carbocycles. The molecule has 3 unspecified atom stereocenters. The Hall–Kier alpha value is -0.480. The van der Waals surface area contributed by atoms with Crippen LogP contribution in [-0.4, -0.2) is 11.2 Å². The standard InChI is InChI=1S/C14H24O/c1-5-6-9-14(3,4)12-8-7-11(2)10-13(12)15/h11-13,15H,7-10H2,1-4H3. The van der Waals surface area contributed by atoms with E-state index < -0.39 is 0 Å². The van der Waals surface area contributed by atoms with Gasteiger partial charge in [-0.25, -0.2) is 0 Å². The molecular weight excluding hydrogens is 184 g/mol. The summed E-state index contributed by atoms with van der Waals surface area (Å²) in [5.74, 6) is 7.22. The van der Waals surface area contributed by atoms with E-state index in [0.717, 1.165) is 19.3 Å². The SMILES string of the molecule is CC#CCC(C)(C)C1CCC(C)CC1O. The van der Waals surface area contributed by atoms with Gasteiger partial charge in [0, 0.05) is 6.42 Å². The second kappa shape index (κ2) is 5.03. The zero-order valence-corrected chi connectivity index (χ0v) is 10.5. The van der Waals surface area contributed by atoms with Crippen LogP contribution >= 0.6 is 0 Å². The summed E-state index contributed by atoms with van der Waals surface area (Å²) in [4.78, 5) is 0. The molecule has 0 spiro atoms. The summed E-state index contributed by atoms with van der Waals surface area (Å²) in [5, 5.41) is 10.1. The quantitative estimate of drug-likeness (QED) is 0.691. The Morgan fingerprint density at radius 3 is 2.53 bits per heavy atom. The van der Waals surface area contributed by atoms with E-state index in [1.54, 1.807) is 0 Å². The van der Waals surface area contributed by atoms with Crippen molar-refractivity contribution >= 4 is 0 Å². The first-order chi connectivity index (χ1) is 6.97. The second-order valence-corrected chi connectivity index (χ2v) is 5.68. The molecule has 0 aromatic rings. The third kappa shape index (κ3) is 3.24. The van der Waals surface area contributed by atoms with Crippen LogP contribution in [0.15, 0.2) is 0 Å². The van der Waals surface area contributed by atoms with Gasteiger partial charge in [-0.2, -0.15) is 0 Å². The van der Waals surface area contributed by atoms with Gasteiger partial charge in [-0.1, -0.05) is 27.2 Å². The summed E-state index contributed by atoms with van der Waals surface area (Å²) in [7, 11) is 0. The van der Waals surface area contributed by atoms with Crippen molar-refractivity contribution in [3.05, 3.63) is 0 Å². The third-order valence-electron chi connectivity index (χ3n) is 3.80. The van der Waals surface area contributed by atoms with Gasteiger partial charge in [0.15, 0.2) is 0 Å². The number of hydrogen-bond acceptors (Lipinski definition) is 1. The summed E-state index contributed by atoms with van der Waals surface area (Å²) in [6, 6.07) is 0. The van der Waals surface area contributed by atoms with Crippen LogP contribution in [0.3, 0.4) is 0 Å². The van der Waals surface area contributed by atoms with Crippen LogP contribution in [0.4, 0.5) is 0 Å². The first-order valence-corrected chi connectivity index (χ1v) is 6.05. The lowest BCUT2D eigenvalue weighted by atomic mass is 9.66. The number of aliphatic hydroxyl groups is 1. The molecule has 0 aliphatic heterocycles. The van der Waals surface area contributed by atoms with E-state index >= 15 is 0 Å². The van der Waals surface area contributed by atoms with E-state index in [0.29, 0.717) is 11.8 Å². The molecule has 1 aliphatic carbocycles. The smallest absolute Gasteiger partial charge is 0.0576 e. The molecule has 0 aromatic carbocycles. The van der Waals surface area contributed by atoms with Crippen molar-refractivity contribution in [2.75, 3.05) is 0 Å². The molecule has 15 heavy (non-hydrogen) atoms. The maximum absolute atomic E-state index is 10.1. The van der Waals surface area contributed by atoms with E-state index in [9.17, 15) is 5.11 Å². The lowest BCUT2D eigenvalue weighted by Crippen LogP contribution is -2.38. The van der Waals surface area contributed by atoms with Gasteiger partial charge < -0.3 is 5.11 Å². The number of aliphatic hydroxyl groups excluding tert-OH is 1. The largest absolute Gasteiger partial charge is 0.393 e. The van der Waals surface area contributed by atoms with Gasteiger partial charge in [0.2, 0.25) is 0 Å². The van der Waals surface area contributed by atoms with E-state index in [-0.39, 0.29) is 11.5 Å². The highest BCUT2D eigenvalue weighted by molar-refractivity contribution is 5.01. The predicted molar refractivity (Wildman–Crippen MR) is 64.4 cm³/mol. The van der Waals surface area contributed by atoms with Crippen LogP contribution in [-0.2, 0) is 0 Å². The predicted octanol–water partition coefficient (Wildman–Crippen LogP) is 3.22. The topological polar surface area (TPSA) is 20.2 Å². The highest BCUT2D eigenvalue weighted by Crippen LogP contribution is 2.42. The van der Waals surface area contributed by atoms with Gasteiger partial charge in [-0.15, -0.1) is 11.8 Å². The van der Waals surface area contributed by atoms with Crippen molar-refractivity contribution in [1.29, 1.82) is 0 Å². The van der Waals surface area contributed by atoms with Crippen molar-refractivity contribution in [3.63, 3.8) is 0 Å². The Balaban J connectivity index is 2.64. The van der Waals surface area contributed by atoms with Gasteiger partial charge in [0.1, 0.15) is 0 Å². The van der Waals surface area contributed by atoms with E-state index in [1.807, 2.05) is 6.92 Å². The van der Waals surface area contributed by atoms with Crippen molar-refractivity contribution in [2.24, 2.45) is 17.3 Å². The Morgan fingerprint density at radius 1 is 1.33 bits per heavy atom. The van der Waals surface area contributed by atoms with Gasteiger partial charge in [-0.05, 0) is 37.0 Å². The highest BCUT2D eigenvalue weighted by Gasteiger charge is 2.37. The molecule has 0 heterocycles. The summed E-state index contributed by atoms with van der Waals surface area (Å²) < 4.78 is 0. The molecule has 1 N–H and O–H groups in total. The molecule has 1 nitrogen and oxygen atoms in total. The van der Waals surface area contributed by atoms with Crippen LogP contribution in [0.25, 0.3) is 0 Å². The molecule has 0 radical (unpaired) electrons. The summed E-state index contributed by atoms with van der Waals surface area (Å²) >= 11 is 0. The highest BCUT2D eigenvalue weighted by atomic mass is 16.3. The van der Waals surface area contributed by atoms with Crippen LogP contribution in [0, 0.1) is 29.1 Å². The molecular formula is C14H24O. The van der Waals surface area contributed by atoms with Crippen molar-refractivity contribution in [3.8, 4) is 11.8 Å². The molecule has 1 aliphatic rings. The average molecular weight is 208 g/mol. The minimum Gasteiger partial charge on any atom is -0.393 e. The fourth-order valence-corrected chi connectivity index (χ4v) is 2.71. The molecule has 1 heteroatoms. The lowest BCUT2D eigenvalue weighted by molar-refractivity contribution is -0.0107. The third-order valence-corrected chi connectivity index (χ3v) is 3.80. The molecule has 0 aromatic heterocycles. The zero-order chi connectivity index (χ0) is 11.5. The van der Waals surface area contributed by atoms with E-state index in [2.05, 4.69) is 32.6 Å². The minimum atomic E-state index is -0.123. The maximum Gasteiger partial charge on any atom is 0.0576 e. The monoisotopic (exact) mass is 208 g/mol. The van der Waals surface area contributed by atoms with Gasteiger partial charge in [0.05, 0.1) is 6.10 Å². The van der Waals surface area contributed by atoms with E-state index in [1.165, 1.54) is 6.42 Å². The van der Waals surface area contributed by atoms with Crippen LogP contribution in [0.1, 0.15) is 53.4 Å². The van der Waals surface area contributed by atoms with Gasteiger partial charge in [-0.3, -0.25) is 0 Å². The molecule has 1 rings (SSSR count). The molecule has 0 amide bonds. The summed E-state index contributed by atoms with van der Waals surface area (Å²) in [5.41, 5.74) is 0.155. The molecule has 86 valence electrons.